The van der Waals surface area contributed by atoms with Gasteiger partial charge in [0, 0.05) is 18.0 Å². The number of carbonyl (C=O) groups excluding carboxylic acids is 1. The molecule has 1 N–H and O–H groups in total. The van der Waals surface area contributed by atoms with Crippen LogP contribution in [0.1, 0.15) is 25.0 Å². The molecule has 1 fully saturated rings. The summed E-state index contributed by atoms with van der Waals surface area (Å²) < 4.78 is 5.53. The van der Waals surface area contributed by atoms with Crippen LogP contribution in [-0.2, 0) is 16.9 Å². The van der Waals surface area contributed by atoms with E-state index in [1.54, 1.807) is 38.4 Å². The number of hydrogen-bond acceptors (Lipinski definition) is 4. The summed E-state index contributed by atoms with van der Waals surface area (Å²) >= 11 is 0. The highest BCUT2D eigenvalue weighted by molar-refractivity contribution is 5.72. The van der Waals surface area contributed by atoms with Crippen molar-refractivity contribution in [1.82, 2.24) is 9.88 Å². The summed E-state index contributed by atoms with van der Waals surface area (Å²) in [7, 11) is 0. The van der Waals surface area contributed by atoms with Gasteiger partial charge in [-0.3, -0.25) is 9.88 Å². The van der Waals surface area contributed by atoms with Crippen LogP contribution in [0.25, 0.3) is 0 Å². The van der Waals surface area contributed by atoms with Crippen molar-refractivity contribution in [3.05, 3.63) is 66.0 Å². The fraction of sp³-hybridized carbons (Fsp3) is 0.294. The van der Waals surface area contributed by atoms with Gasteiger partial charge >= 0.3 is 6.09 Å². The highest BCUT2D eigenvalue weighted by Gasteiger charge is 2.60. The van der Waals surface area contributed by atoms with E-state index in [1.165, 1.54) is 4.90 Å². The number of aliphatic hydroxyl groups is 1. The van der Waals surface area contributed by atoms with Gasteiger partial charge in [0.15, 0.2) is 11.3 Å². The minimum atomic E-state index is -1.48. The average Bonchev–Trinajstić information content (AvgIpc) is 2.70. The standard InChI is InChI=1S/C17H18N2O3/c1-16(14-9-6-10-18-11-14)17(2,21)19(15(20)22-16)12-13-7-4-3-5-8-13/h3-11,21H,12H2,1-2H3/t16-,17-/m1/s1. The second kappa shape index (κ2) is 5.10. The molecule has 1 saturated heterocycles. The van der Waals surface area contributed by atoms with E-state index in [4.69, 9.17) is 4.74 Å². The van der Waals surface area contributed by atoms with Gasteiger partial charge in [-0.2, -0.15) is 0 Å². The number of benzene rings is 1. The summed E-state index contributed by atoms with van der Waals surface area (Å²) in [4.78, 5) is 17.7. The molecule has 0 saturated carbocycles. The maximum absolute atomic E-state index is 12.3. The molecule has 1 aromatic heterocycles. The van der Waals surface area contributed by atoms with Gasteiger partial charge in [0.25, 0.3) is 0 Å². The van der Waals surface area contributed by atoms with Crippen LogP contribution in [-0.4, -0.2) is 26.8 Å². The van der Waals surface area contributed by atoms with Crippen LogP contribution in [0.5, 0.6) is 0 Å². The first-order chi connectivity index (χ1) is 10.4. The van der Waals surface area contributed by atoms with Crippen molar-refractivity contribution in [1.29, 1.82) is 0 Å². The smallest absolute Gasteiger partial charge is 0.413 e. The SMILES string of the molecule is C[C@]1(O)N(Cc2ccccc2)C(=O)O[C@]1(C)c1cccnc1. The van der Waals surface area contributed by atoms with Gasteiger partial charge in [-0.15, -0.1) is 0 Å². The van der Waals surface area contributed by atoms with Gasteiger partial charge in [-0.25, -0.2) is 4.79 Å². The van der Waals surface area contributed by atoms with Crippen LogP contribution in [0, 0.1) is 0 Å². The fourth-order valence-corrected chi connectivity index (χ4v) is 2.72. The molecule has 0 radical (unpaired) electrons. The first-order valence-electron chi connectivity index (χ1n) is 7.12. The Balaban J connectivity index is 1.96. The molecular formula is C17H18N2O3. The largest absolute Gasteiger partial charge is 0.433 e. The lowest BCUT2D eigenvalue weighted by Gasteiger charge is -2.37. The number of amides is 1. The summed E-state index contributed by atoms with van der Waals surface area (Å²) in [6, 6.07) is 13.1. The number of nitrogens with zero attached hydrogens (tertiary/aromatic N) is 2. The molecule has 5 heteroatoms. The lowest BCUT2D eigenvalue weighted by atomic mass is 9.86. The fourth-order valence-electron chi connectivity index (χ4n) is 2.72. The minimum Gasteiger partial charge on any atom is -0.433 e. The van der Waals surface area contributed by atoms with Crippen molar-refractivity contribution >= 4 is 6.09 Å². The number of hydrogen-bond donors (Lipinski definition) is 1. The summed E-state index contributed by atoms with van der Waals surface area (Å²) in [5, 5.41) is 11.0. The zero-order valence-electron chi connectivity index (χ0n) is 12.6. The summed E-state index contributed by atoms with van der Waals surface area (Å²) in [5.74, 6) is 0. The molecule has 3 rings (SSSR count). The summed E-state index contributed by atoms with van der Waals surface area (Å²) in [5.41, 5.74) is -1.07. The average molecular weight is 298 g/mol. The van der Waals surface area contributed by atoms with Gasteiger partial charge in [0.1, 0.15) is 0 Å². The number of aromatic nitrogens is 1. The number of carbonyl (C=O) groups is 1. The Morgan fingerprint density at radius 1 is 1.18 bits per heavy atom. The third-order valence-corrected chi connectivity index (χ3v) is 4.34. The van der Waals surface area contributed by atoms with Crippen LogP contribution >= 0.6 is 0 Å². The molecule has 0 aliphatic carbocycles. The molecule has 5 nitrogen and oxygen atoms in total. The Kier molecular flexibility index (Phi) is 3.37. The van der Waals surface area contributed by atoms with Gasteiger partial charge in [0.2, 0.25) is 0 Å². The predicted octanol–water partition coefficient (Wildman–Crippen LogP) is 2.66. The quantitative estimate of drug-likeness (QED) is 0.946. The molecule has 0 unspecified atom stereocenters. The second-order valence-electron chi connectivity index (χ2n) is 5.74. The van der Waals surface area contributed by atoms with Gasteiger partial charge in [-0.1, -0.05) is 36.4 Å². The topological polar surface area (TPSA) is 62.7 Å². The maximum atomic E-state index is 12.3. The van der Waals surface area contributed by atoms with Crippen molar-refractivity contribution in [2.75, 3.05) is 0 Å². The van der Waals surface area contributed by atoms with E-state index in [1.807, 2.05) is 30.3 Å². The first-order valence-corrected chi connectivity index (χ1v) is 7.12. The first kappa shape index (κ1) is 14.5. The van der Waals surface area contributed by atoms with Gasteiger partial charge in [-0.05, 0) is 25.5 Å². The Bertz CT molecular complexity index is 673. The van der Waals surface area contributed by atoms with Crippen LogP contribution in [0.15, 0.2) is 54.9 Å². The minimum absolute atomic E-state index is 0.280. The third-order valence-electron chi connectivity index (χ3n) is 4.34. The zero-order valence-corrected chi connectivity index (χ0v) is 12.6. The van der Waals surface area contributed by atoms with Crippen LogP contribution < -0.4 is 0 Å². The van der Waals surface area contributed by atoms with Crippen LogP contribution in [0.4, 0.5) is 4.79 Å². The Hall–Kier alpha value is -2.40. The predicted molar refractivity (Wildman–Crippen MR) is 80.7 cm³/mol. The summed E-state index contributed by atoms with van der Waals surface area (Å²) in [6.45, 7) is 3.57. The number of ether oxygens (including phenoxy) is 1. The molecule has 2 atom stereocenters. The molecule has 1 aromatic carbocycles. The maximum Gasteiger partial charge on any atom is 0.413 e. The second-order valence-corrected chi connectivity index (χ2v) is 5.74. The summed E-state index contributed by atoms with van der Waals surface area (Å²) in [6.07, 6.45) is 2.70. The van der Waals surface area contributed by atoms with E-state index in [-0.39, 0.29) is 6.54 Å². The van der Waals surface area contributed by atoms with Crippen LogP contribution in [0.2, 0.25) is 0 Å². The molecule has 1 aliphatic rings. The molecule has 2 heterocycles. The van der Waals surface area contributed by atoms with Crippen molar-refractivity contribution in [2.45, 2.75) is 31.7 Å². The van der Waals surface area contributed by atoms with E-state index in [2.05, 4.69) is 4.98 Å². The van der Waals surface area contributed by atoms with Crippen molar-refractivity contribution < 1.29 is 14.6 Å². The van der Waals surface area contributed by atoms with E-state index in [0.29, 0.717) is 5.56 Å². The third kappa shape index (κ3) is 2.14. The van der Waals surface area contributed by atoms with Crippen molar-refractivity contribution in [3.8, 4) is 0 Å². The molecule has 0 bridgehead atoms. The van der Waals surface area contributed by atoms with E-state index in [0.717, 1.165) is 5.56 Å². The Labute approximate surface area is 129 Å². The lowest BCUT2D eigenvalue weighted by molar-refractivity contribution is -0.143. The number of cyclic esters (lactones) is 1. The highest BCUT2D eigenvalue weighted by Crippen LogP contribution is 2.45. The van der Waals surface area contributed by atoms with E-state index < -0.39 is 17.4 Å². The van der Waals surface area contributed by atoms with Crippen molar-refractivity contribution in [2.24, 2.45) is 0 Å². The van der Waals surface area contributed by atoms with Gasteiger partial charge in [0.05, 0.1) is 6.54 Å². The highest BCUT2D eigenvalue weighted by atomic mass is 16.6. The van der Waals surface area contributed by atoms with Crippen molar-refractivity contribution in [3.63, 3.8) is 0 Å². The number of rotatable bonds is 3. The molecule has 22 heavy (non-hydrogen) atoms. The molecule has 1 amide bonds. The monoisotopic (exact) mass is 298 g/mol. The zero-order chi connectivity index (χ0) is 15.8. The van der Waals surface area contributed by atoms with Gasteiger partial charge < -0.3 is 9.84 Å². The van der Waals surface area contributed by atoms with E-state index >= 15 is 0 Å². The molecule has 0 spiro atoms. The van der Waals surface area contributed by atoms with Crippen LogP contribution in [0.3, 0.4) is 0 Å². The molecular weight excluding hydrogens is 280 g/mol. The lowest BCUT2D eigenvalue weighted by Crippen LogP contribution is -2.53. The molecule has 2 aromatic rings. The Morgan fingerprint density at radius 2 is 1.91 bits per heavy atom. The normalized spacial score (nSPS) is 27.8. The van der Waals surface area contributed by atoms with E-state index in [9.17, 15) is 9.90 Å². The molecule has 114 valence electrons. The Morgan fingerprint density at radius 3 is 2.55 bits per heavy atom. The number of pyridine rings is 1. The molecule has 1 aliphatic heterocycles.